The molecule has 13 heteroatoms. The van der Waals surface area contributed by atoms with Crippen molar-refractivity contribution in [3.8, 4) is 0 Å². The summed E-state index contributed by atoms with van der Waals surface area (Å²) in [6, 6.07) is 0. The van der Waals surface area contributed by atoms with E-state index in [4.69, 9.17) is 18.9 Å². The summed E-state index contributed by atoms with van der Waals surface area (Å²) in [5.74, 6) is -2.09. The van der Waals surface area contributed by atoms with E-state index in [9.17, 15) is 37.9 Å². The first-order valence-electron chi connectivity index (χ1n) is 22.5. The van der Waals surface area contributed by atoms with Crippen LogP contribution in [0.5, 0.6) is 0 Å². The summed E-state index contributed by atoms with van der Waals surface area (Å²) in [4.78, 5) is 25.4. The van der Waals surface area contributed by atoms with Crippen LogP contribution >= 0.6 is 0 Å². The zero-order valence-corrected chi connectivity index (χ0v) is 37.3. The lowest BCUT2D eigenvalue weighted by atomic mass is 10.00. The normalized spacial score (nSPS) is 20.8. The number of allylic oxidation sites excluding steroid dienone is 12. The Morgan fingerprint density at radius 2 is 1.07 bits per heavy atom. The van der Waals surface area contributed by atoms with Crippen molar-refractivity contribution >= 4 is 22.1 Å². The number of carbonyl (C=O) groups excluding carboxylic acids is 2. The first kappa shape index (κ1) is 55.1. The second-order valence-electron chi connectivity index (χ2n) is 15.4. The number of esters is 2. The van der Waals surface area contributed by atoms with E-state index in [0.717, 1.165) is 64.2 Å². The molecule has 2 unspecified atom stereocenters. The van der Waals surface area contributed by atoms with Crippen LogP contribution in [0, 0.1) is 0 Å². The zero-order valence-electron chi connectivity index (χ0n) is 36.5. The third kappa shape index (κ3) is 31.0. The van der Waals surface area contributed by atoms with E-state index in [-0.39, 0.29) is 19.4 Å². The third-order valence-electron chi connectivity index (χ3n) is 9.79. The van der Waals surface area contributed by atoms with Crippen LogP contribution in [0.4, 0.5) is 0 Å². The molecule has 1 rings (SSSR count). The van der Waals surface area contributed by atoms with Crippen LogP contribution in [-0.2, 0) is 38.7 Å². The Bertz CT molecular complexity index is 1390. The minimum Gasteiger partial charge on any atom is -0.462 e. The highest BCUT2D eigenvalue weighted by atomic mass is 32.2. The fraction of sp³-hybridized carbons (Fsp3) is 0.702. The van der Waals surface area contributed by atoms with E-state index in [1.54, 1.807) is 0 Å². The first-order valence-corrected chi connectivity index (χ1v) is 24.1. The van der Waals surface area contributed by atoms with Gasteiger partial charge in [0.25, 0.3) is 10.1 Å². The molecule has 0 saturated carbocycles. The van der Waals surface area contributed by atoms with Gasteiger partial charge in [0.2, 0.25) is 0 Å². The number of aliphatic hydroxyl groups is 3. The fourth-order valence-electron chi connectivity index (χ4n) is 6.25. The number of ether oxygens (including phenoxy) is 4. The molecular weight excluding hydrogens is 789 g/mol. The molecule has 0 aliphatic carbocycles. The van der Waals surface area contributed by atoms with Crippen LogP contribution in [0.15, 0.2) is 72.9 Å². The van der Waals surface area contributed by atoms with Gasteiger partial charge in [-0.2, -0.15) is 8.42 Å². The smallest absolute Gasteiger partial charge is 0.306 e. The Labute approximate surface area is 361 Å². The quantitative estimate of drug-likeness (QED) is 0.0154. The van der Waals surface area contributed by atoms with Crippen molar-refractivity contribution in [2.24, 2.45) is 0 Å². The maximum atomic E-state index is 12.8. The summed E-state index contributed by atoms with van der Waals surface area (Å²) in [7, 11) is -4.61. The molecule has 6 atom stereocenters. The molecule has 344 valence electrons. The van der Waals surface area contributed by atoms with Gasteiger partial charge in [-0.3, -0.25) is 14.1 Å². The van der Waals surface area contributed by atoms with Crippen molar-refractivity contribution in [3.05, 3.63) is 72.9 Å². The van der Waals surface area contributed by atoms with Crippen molar-refractivity contribution in [3.63, 3.8) is 0 Å². The van der Waals surface area contributed by atoms with Gasteiger partial charge >= 0.3 is 11.9 Å². The Morgan fingerprint density at radius 3 is 1.67 bits per heavy atom. The highest BCUT2D eigenvalue weighted by Crippen LogP contribution is 2.24. The lowest BCUT2D eigenvalue weighted by Crippen LogP contribution is -2.60. The molecule has 0 aromatic heterocycles. The topological polar surface area (TPSA) is 186 Å². The van der Waals surface area contributed by atoms with Crippen LogP contribution in [0.25, 0.3) is 0 Å². The second-order valence-corrected chi connectivity index (χ2v) is 16.9. The van der Waals surface area contributed by atoms with Crippen molar-refractivity contribution in [1.29, 1.82) is 0 Å². The summed E-state index contributed by atoms with van der Waals surface area (Å²) in [5.41, 5.74) is 0. The second kappa shape index (κ2) is 36.7. The van der Waals surface area contributed by atoms with E-state index < -0.39 is 71.2 Å². The van der Waals surface area contributed by atoms with Gasteiger partial charge in [0, 0.05) is 12.8 Å². The SMILES string of the molecule is CCCCC/C=C/C/C=C/C/C=C/C/C=C/CCCC(=O)O[C@H](COC(=O)CCCCCCC/C=C/C=C/CCCCCC)CO[C@H]1O[C@H](CS(=O)(=O)O)[C@@H](O)C(O)C1O. The van der Waals surface area contributed by atoms with E-state index in [1.165, 1.54) is 44.9 Å². The molecule has 0 aromatic carbocycles. The average Bonchev–Trinajstić information content (AvgIpc) is 3.21. The number of carbonyl (C=O) groups is 2. The van der Waals surface area contributed by atoms with Crippen LogP contribution in [0.2, 0.25) is 0 Å². The molecule has 0 bridgehead atoms. The van der Waals surface area contributed by atoms with Gasteiger partial charge in [-0.15, -0.1) is 0 Å². The average molecular weight is 867 g/mol. The summed E-state index contributed by atoms with van der Waals surface area (Å²) in [5, 5.41) is 30.9. The molecule has 1 aliphatic heterocycles. The molecule has 0 spiro atoms. The maximum Gasteiger partial charge on any atom is 0.306 e. The van der Waals surface area contributed by atoms with Gasteiger partial charge < -0.3 is 34.3 Å². The van der Waals surface area contributed by atoms with Crippen molar-refractivity contribution in [2.45, 2.75) is 192 Å². The van der Waals surface area contributed by atoms with E-state index in [2.05, 4.69) is 74.6 Å². The lowest BCUT2D eigenvalue weighted by molar-refractivity contribution is -0.297. The van der Waals surface area contributed by atoms with Crippen molar-refractivity contribution in [1.82, 2.24) is 0 Å². The fourth-order valence-corrected chi connectivity index (χ4v) is 6.94. The molecule has 4 N–H and O–H groups in total. The predicted molar refractivity (Wildman–Crippen MR) is 238 cm³/mol. The van der Waals surface area contributed by atoms with Gasteiger partial charge in [-0.1, -0.05) is 138 Å². The van der Waals surface area contributed by atoms with Gasteiger partial charge in [-0.25, -0.2) is 0 Å². The lowest BCUT2D eigenvalue weighted by Gasteiger charge is -2.40. The number of rotatable bonds is 36. The molecule has 1 saturated heterocycles. The summed E-state index contributed by atoms with van der Waals surface area (Å²) < 4.78 is 54.0. The monoisotopic (exact) mass is 867 g/mol. The van der Waals surface area contributed by atoms with Crippen LogP contribution in [-0.4, -0.2) is 96.0 Å². The largest absolute Gasteiger partial charge is 0.462 e. The highest BCUT2D eigenvalue weighted by molar-refractivity contribution is 7.85. The number of aliphatic hydroxyl groups excluding tert-OH is 3. The highest BCUT2D eigenvalue weighted by Gasteiger charge is 2.46. The van der Waals surface area contributed by atoms with E-state index >= 15 is 0 Å². The maximum absolute atomic E-state index is 12.8. The molecule has 0 amide bonds. The van der Waals surface area contributed by atoms with E-state index in [0.29, 0.717) is 19.3 Å². The molecular formula is C47H78O12S. The van der Waals surface area contributed by atoms with Gasteiger partial charge in [0.05, 0.1) is 6.61 Å². The van der Waals surface area contributed by atoms with E-state index in [1.807, 2.05) is 12.2 Å². The minimum atomic E-state index is -4.61. The Kier molecular flexibility index (Phi) is 33.7. The summed E-state index contributed by atoms with van der Waals surface area (Å²) in [6.07, 6.45) is 36.6. The predicted octanol–water partition coefficient (Wildman–Crippen LogP) is 9.11. The van der Waals surface area contributed by atoms with Crippen LogP contribution in [0.3, 0.4) is 0 Å². The standard InChI is InChI=1S/C47H78O12S/c1-3-5-7-9-11-13-15-17-19-20-22-24-26-28-30-32-34-36-43(49)58-40(38-57-47-46(52)45(51)44(50)41(59-47)39-60(53,54)55)37-56-42(48)35-33-31-29-27-25-23-21-18-16-14-12-10-8-6-4-2/h11,13-14,16-19,21-22,24,28,30,40-41,44-47,50-52H,3-10,12,15,20,23,25-27,29,31-39H2,1-2H3,(H,53,54,55)/b13-11+,16-14+,19-17+,21-18+,24-22+,30-28+/t40-,41-,44-,45?,46?,47+/m1/s1. The molecule has 60 heavy (non-hydrogen) atoms. The third-order valence-corrected chi connectivity index (χ3v) is 10.5. The molecule has 1 heterocycles. The molecule has 12 nitrogen and oxygen atoms in total. The van der Waals surface area contributed by atoms with Gasteiger partial charge in [0.1, 0.15) is 36.8 Å². The number of hydrogen-bond acceptors (Lipinski definition) is 11. The molecule has 1 aliphatic rings. The van der Waals surface area contributed by atoms with Gasteiger partial charge in [0.15, 0.2) is 12.4 Å². The Morgan fingerprint density at radius 1 is 0.583 bits per heavy atom. The van der Waals surface area contributed by atoms with Crippen molar-refractivity contribution in [2.75, 3.05) is 19.0 Å². The number of hydrogen-bond donors (Lipinski definition) is 4. The first-order chi connectivity index (χ1) is 29.0. The van der Waals surface area contributed by atoms with Gasteiger partial charge in [-0.05, 0) is 77.0 Å². The molecule has 1 fully saturated rings. The molecule has 0 radical (unpaired) electrons. The van der Waals surface area contributed by atoms with Crippen LogP contribution in [0.1, 0.15) is 155 Å². The van der Waals surface area contributed by atoms with Crippen LogP contribution < -0.4 is 0 Å². The summed E-state index contributed by atoms with van der Waals surface area (Å²) >= 11 is 0. The minimum absolute atomic E-state index is 0.0813. The van der Waals surface area contributed by atoms with Crippen molar-refractivity contribution < 1.29 is 56.8 Å². The summed E-state index contributed by atoms with van der Waals surface area (Å²) in [6.45, 7) is 3.64. The zero-order chi connectivity index (χ0) is 44.1. The molecule has 0 aromatic rings. The Balaban J connectivity index is 2.52. The Hall–Kier alpha value is -2.91. The number of unbranched alkanes of at least 4 members (excludes halogenated alkanes) is 13.